The van der Waals surface area contributed by atoms with E-state index in [0.717, 1.165) is 58.9 Å². The second kappa shape index (κ2) is 11.2. The van der Waals surface area contributed by atoms with Gasteiger partial charge in [0.1, 0.15) is 0 Å². The number of benzene rings is 1. The van der Waals surface area contributed by atoms with E-state index < -0.39 is 0 Å². The summed E-state index contributed by atoms with van der Waals surface area (Å²) in [6.07, 6.45) is 3.74. The zero-order chi connectivity index (χ0) is 22.1. The Morgan fingerprint density at radius 1 is 1.27 bits per heavy atom. The number of hydrogen-bond acceptors (Lipinski definition) is 5. The highest BCUT2D eigenvalue weighted by molar-refractivity contribution is 8.12. The Hall–Kier alpha value is -2.24. The van der Waals surface area contributed by atoms with E-state index in [-0.39, 0.29) is 5.41 Å². The van der Waals surface area contributed by atoms with Gasteiger partial charge >= 0.3 is 0 Å². The molecule has 0 spiro atoms. The van der Waals surface area contributed by atoms with Crippen LogP contribution in [0.1, 0.15) is 43.9 Å². The third kappa shape index (κ3) is 5.89. The molecule has 0 saturated heterocycles. The Morgan fingerprint density at radius 3 is 2.70 bits per heavy atom. The molecule has 0 radical (unpaired) electrons. The van der Waals surface area contributed by atoms with E-state index in [4.69, 9.17) is 10.7 Å². The number of allylic oxidation sites excluding steroid dienone is 1. The lowest BCUT2D eigenvalue weighted by molar-refractivity contribution is 0.438. The maximum atomic E-state index is 5.61. The molecule has 1 aliphatic carbocycles. The molecular formula is C25H36N4S. The van der Waals surface area contributed by atoms with E-state index in [1.165, 1.54) is 5.56 Å². The van der Waals surface area contributed by atoms with E-state index in [1.54, 1.807) is 11.8 Å². The first-order valence-electron chi connectivity index (χ1n) is 10.5. The van der Waals surface area contributed by atoms with E-state index in [0.29, 0.717) is 13.1 Å². The van der Waals surface area contributed by atoms with Crippen molar-refractivity contribution < 1.29 is 0 Å². The summed E-state index contributed by atoms with van der Waals surface area (Å²) in [4.78, 5) is 4.93. The minimum absolute atomic E-state index is 0.106. The second-order valence-corrected chi connectivity index (χ2v) is 9.01. The minimum Gasteiger partial charge on any atom is -0.385 e. The third-order valence-corrected chi connectivity index (χ3v) is 5.91. The zero-order valence-corrected chi connectivity index (χ0v) is 19.5. The first-order chi connectivity index (χ1) is 14.4. The number of nitrogens with zero attached hydrogens (tertiary/aromatic N) is 1. The standard InChI is InChI=1S/C25H36N4S/c1-7-13-28-19(4)23-24(29-17-30-14-9-12-26)22-11-10-20(18(3)27-8-2)15-21(22)16-25(23,5)6/h7,10-11,15,17,27-28H,1,3-4,8-9,12-14,16,26H2,2,5-6H3/b29-17+. The van der Waals surface area contributed by atoms with Gasteiger partial charge < -0.3 is 16.4 Å². The van der Waals surface area contributed by atoms with Crippen molar-refractivity contribution in [3.8, 4) is 0 Å². The van der Waals surface area contributed by atoms with Crippen LogP contribution in [0.2, 0.25) is 0 Å². The number of fused-ring (bicyclic) bond motifs is 1. The Labute approximate surface area is 186 Å². The first kappa shape index (κ1) is 24.0. The molecule has 1 aliphatic rings. The monoisotopic (exact) mass is 424 g/mol. The van der Waals surface area contributed by atoms with Crippen molar-refractivity contribution in [1.82, 2.24) is 10.6 Å². The average Bonchev–Trinajstić information content (AvgIpc) is 2.70. The number of nitrogens with two attached hydrogens (primary N) is 1. The van der Waals surface area contributed by atoms with Crippen LogP contribution in [0.5, 0.6) is 0 Å². The van der Waals surface area contributed by atoms with Crippen LogP contribution >= 0.6 is 11.8 Å². The lowest BCUT2D eigenvalue weighted by Crippen LogP contribution is -2.29. The van der Waals surface area contributed by atoms with Crippen molar-refractivity contribution in [3.05, 3.63) is 72.0 Å². The fourth-order valence-corrected chi connectivity index (χ4v) is 4.39. The molecule has 0 bridgehead atoms. The van der Waals surface area contributed by atoms with Crippen molar-refractivity contribution >= 4 is 28.7 Å². The Kier molecular flexibility index (Phi) is 9.00. The smallest absolute Gasteiger partial charge is 0.0768 e. The summed E-state index contributed by atoms with van der Waals surface area (Å²) in [5.41, 5.74) is 15.0. The maximum absolute atomic E-state index is 5.61. The van der Waals surface area contributed by atoms with Gasteiger partial charge in [0.2, 0.25) is 0 Å². The molecule has 1 aromatic carbocycles. The molecule has 0 amide bonds. The molecule has 162 valence electrons. The van der Waals surface area contributed by atoms with E-state index in [9.17, 15) is 0 Å². The van der Waals surface area contributed by atoms with Crippen LogP contribution in [0.15, 0.2) is 60.3 Å². The van der Waals surface area contributed by atoms with Crippen LogP contribution < -0.4 is 16.4 Å². The van der Waals surface area contributed by atoms with Gasteiger partial charge in [0, 0.05) is 41.4 Å². The molecule has 4 N–H and O–H groups in total. The zero-order valence-electron chi connectivity index (χ0n) is 18.7. The molecule has 0 atom stereocenters. The highest BCUT2D eigenvalue weighted by atomic mass is 32.2. The number of nitrogens with one attached hydrogen (secondary N) is 2. The Bertz CT molecular complexity index is 849. The number of thioether (sulfide) groups is 1. The average molecular weight is 425 g/mol. The van der Waals surface area contributed by atoms with Gasteiger partial charge in [0.15, 0.2) is 0 Å². The fraction of sp³-hybridized carbons (Fsp3) is 0.400. The van der Waals surface area contributed by atoms with E-state index in [2.05, 4.69) is 69.3 Å². The van der Waals surface area contributed by atoms with Gasteiger partial charge in [-0.1, -0.05) is 45.2 Å². The fourth-order valence-electron chi connectivity index (χ4n) is 3.77. The van der Waals surface area contributed by atoms with Crippen molar-refractivity contribution in [2.24, 2.45) is 16.1 Å². The van der Waals surface area contributed by atoms with Crippen LogP contribution in [0.3, 0.4) is 0 Å². The SMILES string of the molecule is C=CCNC(=C)C1=C(/N=C/SCCCN)c2ccc(C(=C)NCC)cc2CC1(C)C. The van der Waals surface area contributed by atoms with Crippen LogP contribution in [0.4, 0.5) is 0 Å². The molecule has 2 rings (SSSR count). The van der Waals surface area contributed by atoms with Crippen molar-refractivity contribution in [2.75, 3.05) is 25.4 Å². The van der Waals surface area contributed by atoms with Crippen molar-refractivity contribution in [1.29, 1.82) is 0 Å². The second-order valence-electron chi connectivity index (χ2n) is 8.06. The normalized spacial score (nSPS) is 15.1. The molecule has 4 nitrogen and oxygen atoms in total. The third-order valence-electron chi connectivity index (χ3n) is 5.13. The van der Waals surface area contributed by atoms with Crippen LogP contribution in [-0.2, 0) is 6.42 Å². The van der Waals surface area contributed by atoms with E-state index >= 15 is 0 Å². The predicted molar refractivity (Wildman–Crippen MR) is 136 cm³/mol. The predicted octanol–water partition coefficient (Wildman–Crippen LogP) is 4.96. The van der Waals surface area contributed by atoms with Gasteiger partial charge in [-0.2, -0.15) is 0 Å². The van der Waals surface area contributed by atoms with Gasteiger partial charge in [-0.05, 0) is 48.9 Å². The lowest BCUT2D eigenvalue weighted by Gasteiger charge is -2.36. The minimum atomic E-state index is -0.106. The number of hydrogen-bond donors (Lipinski definition) is 3. The lowest BCUT2D eigenvalue weighted by atomic mass is 9.70. The number of aliphatic imine (C=N–C) groups is 1. The highest BCUT2D eigenvalue weighted by Crippen LogP contribution is 2.46. The molecule has 30 heavy (non-hydrogen) atoms. The van der Waals surface area contributed by atoms with Crippen LogP contribution in [0, 0.1) is 5.41 Å². The highest BCUT2D eigenvalue weighted by Gasteiger charge is 2.35. The summed E-state index contributed by atoms with van der Waals surface area (Å²) >= 11 is 1.70. The first-order valence-corrected chi connectivity index (χ1v) is 11.6. The topological polar surface area (TPSA) is 62.4 Å². The molecule has 0 aromatic heterocycles. The molecule has 0 heterocycles. The largest absolute Gasteiger partial charge is 0.385 e. The molecule has 5 heteroatoms. The summed E-state index contributed by atoms with van der Waals surface area (Å²) in [6.45, 7) is 21.1. The molecular weight excluding hydrogens is 388 g/mol. The molecule has 0 aliphatic heterocycles. The van der Waals surface area contributed by atoms with Crippen molar-refractivity contribution in [2.45, 2.75) is 33.6 Å². The maximum Gasteiger partial charge on any atom is 0.0768 e. The van der Waals surface area contributed by atoms with Gasteiger partial charge in [-0.15, -0.1) is 18.3 Å². The van der Waals surface area contributed by atoms with Gasteiger partial charge in [-0.3, -0.25) is 0 Å². The summed E-state index contributed by atoms with van der Waals surface area (Å²) < 4.78 is 0. The molecule has 0 unspecified atom stereocenters. The molecule has 0 fully saturated rings. The summed E-state index contributed by atoms with van der Waals surface area (Å²) in [5, 5.41) is 6.71. The van der Waals surface area contributed by atoms with Crippen LogP contribution in [0.25, 0.3) is 11.4 Å². The van der Waals surface area contributed by atoms with Gasteiger partial charge in [-0.25, -0.2) is 4.99 Å². The Morgan fingerprint density at radius 2 is 2.03 bits per heavy atom. The van der Waals surface area contributed by atoms with E-state index in [1.807, 2.05) is 11.6 Å². The summed E-state index contributed by atoms with van der Waals surface area (Å²) in [5.74, 6) is 0.968. The summed E-state index contributed by atoms with van der Waals surface area (Å²) in [6, 6.07) is 6.53. The molecule has 0 saturated carbocycles. The van der Waals surface area contributed by atoms with Gasteiger partial charge in [0.05, 0.1) is 11.2 Å². The van der Waals surface area contributed by atoms with Crippen LogP contribution in [-0.4, -0.2) is 30.9 Å². The Balaban J connectivity index is 2.53. The summed E-state index contributed by atoms with van der Waals surface area (Å²) in [7, 11) is 0. The number of rotatable bonds is 12. The van der Waals surface area contributed by atoms with Crippen molar-refractivity contribution in [3.63, 3.8) is 0 Å². The quantitative estimate of drug-likeness (QED) is 0.192. The molecule has 1 aromatic rings. The van der Waals surface area contributed by atoms with Gasteiger partial charge in [0.25, 0.3) is 0 Å².